The van der Waals surface area contributed by atoms with Crippen molar-refractivity contribution in [2.45, 2.75) is 31.2 Å². The number of amides is 1. The normalized spacial score (nSPS) is 12.7. The van der Waals surface area contributed by atoms with Gasteiger partial charge in [0.2, 0.25) is 0 Å². The van der Waals surface area contributed by atoms with Gasteiger partial charge in [-0.1, -0.05) is 25.1 Å². The molecule has 7 nitrogen and oxygen atoms in total. The lowest BCUT2D eigenvalue weighted by molar-refractivity contribution is 0.0995. The fourth-order valence-electron chi connectivity index (χ4n) is 2.85. The van der Waals surface area contributed by atoms with Gasteiger partial charge in [0.05, 0.1) is 16.1 Å². The summed E-state index contributed by atoms with van der Waals surface area (Å²) in [6.45, 7) is 4.05. The summed E-state index contributed by atoms with van der Waals surface area (Å²) >= 11 is 0. The van der Waals surface area contributed by atoms with E-state index in [4.69, 9.17) is 5.73 Å². The molecule has 1 amide bonds. The third kappa shape index (κ3) is 3.96. The van der Waals surface area contributed by atoms with Gasteiger partial charge in [-0.15, -0.1) is 10.2 Å². The van der Waals surface area contributed by atoms with Crippen molar-refractivity contribution < 1.29 is 13.2 Å². The van der Waals surface area contributed by atoms with Crippen molar-refractivity contribution in [2.75, 3.05) is 11.6 Å². The summed E-state index contributed by atoms with van der Waals surface area (Å²) in [5.41, 5.74) is 8.48. The highest BCUT2D eigenvalue weighted by Gasteiger charge is 2.17. The van der Waals surface area contributed by atoms with Crippen LogP contribution in [0.15, 0.2) is 47.4 Å². The minimum absolute atomic E-state index is 0.109. The first kappa shape index (κ1) is 19.8. The summed E-state index contributed by atoms with van der Waals surface area (Å²) < 4.78 is 23.3. The van der Waals surface area contributed by atoms with Gasteiger partial charge in [-0.25, -0.2) is 8.42 Å². The maximum absolute atomic E-state index is 11.8. The monoisotopic (exact) mass is 398 g/mol. The first-order chi connectivity index (χ1) is 13.2. The number of nitrogens with zero attached hydrogens (tertiary/aromatic N) is 2. The molecule has 0 unspecified atom stereocenters. The van der Waals surface area contributed by atoms with Gasteiger partial charge in [-0.3, -0.25) is 4.79 Å². The van der Waals surface area contributed by atoms with Gasteiger partial charge in [0.1, 0.15) is 0 Å². The molecular weight excluding hydrogens is 376 g/mol. The van der Waals surface area contributed by atoms with Gasteiger partial charge in [-0.05, 0) is 48.7 Å². The van der Waals surface area contributed by atoms with Crippen LogP contribution in [-0.2, 0) is 9.84 Å². The van der Waals surface area contributed by atoms with Crippen LogP contribution < -0.4 is 11.1 Å². The Morgan fingerprint density at radius 2 is 1.75 bits per heavy atom. The number of nitrogens with two attached hydrogens (primary N) is 1. The van der Waals surface area contributed by atoms with E-state index in [1.807, 2.05) is 32.0 Å². The Morgan fingerprint density at radius 3 is 2.32 bits per heavy atom. The Balaban J connectivity index is 2.09. The molecular formula is C20H22N4O3S. The second kappa shape index (κ2) is 7.55. The van der Waals surface area contributed by atoms with Crippen LogP contribution in [0.4, 0.5) is 5.69 Å². The van der Waals surface area contributed by atoms with E-state index in [9.17, 15) is 13.2 Å². The summed E-state index contributed by atoms with van der Waals surface area (Å²) in [5, 5.41) is 12.2. The molecule has 0 saturated heterocycles. The maximum atomic E-state index is 11.8. The SMILES string of the molecule is CC[C@@H](C)Nc1c(C(N)=O)nnc2cc(-c3ccc(S(C)(=O)=O)cc3)ccc12. The summed E-state index contributed by atoms with van der Waals surface area (Å²) in [7, 11) is -3.24. The minimum atomic E-state index is -3.24. The van der Waals surface area contributed by atoms with Crippen LogP contribution in [0.2, 0.25) is 0 Å². The Hall–Kier alpha value is -3.00. The molecule has 1 heterocycles. The predicted octanol–water partition coefficient (Wildman–Crippen LogP) is 3.01. The van der Waals surface area contributed by atoms with Crippen LogP contribution in [0.25, 0.3) is 22.0 Å². The molecule has 8 heteroatoms. The van der Waals surface area contributed by atoms with E-state index >= 15 is 0 Å². The molecule has 0 aliphatic heterocycles. The summed E-state index contributed by atoms with van der Waals surface area (Å²) in [4.78, 5) is 12.0. The number of hydrogen-bond donors (Lipinski definition) is 2. The van der Waals surface area contributed by atoms with Gasteiger partial charge in [-0.2, -0.15) is 0 Å². The van der Waals surface area contributed by atoms with Crippen LogP contribution in [0.1, 0.15) is 30.8 Å². The minimum Gasteiger partial charge on any atom is -0.380 e. The van der Waals surface area contributed by atoms with Gasteiger partial charge in [0.15, 0.2) is 15.5 Å². The molecule has 3 rings (SSSR count). The second-order valence-corrected chi connectivity index (χ2v) is 8.79. The number of fused-ring (bicyclic) bond motifs is 1. The van der Waals surface area contributed by atoms with Crippen molar-refractivity contribution in [3.8, 4) is 11.1 Å². The van der Waals surface area contributed by atoms with Gasteiger partial charge in [0, 0.05) is 17.7 Å². The number of carbonyl (C=O) groups excluding carboxylic acids is 1. The number of sulfone groups is 1. The van der Waals surface area contributed by atoms with Gasteiger partial charge in [0.25, 0.3) is 5.91 Å². The van der Waals surface area contributed by atoms with Gasteiger partial charge >= 0.3 is 0 Å². The third-order valence-corrected chi connectivity index (χ3v) is 5.74. The summed E-state index contributed by atoms with van der Waals surface area (Å²) in [6.07, 6.45) is 2.04. The van der Waals surface area contributed by atoms with E-state index < -0.39 is 15.7 Å². The molecule has 0 radical (unpaired) electrons. The highest BCUT2D eigenvalue weighted by Crippen LogP contribution is 2.30. The first-order valence-electron chi connectivity index (χ1n) is 8.88. The Morgan fingerprint density at radius 1 is 1.11 bits per heavy atom. The van der Waals surface area contributed by atoms with E-state index in [-0.39, 0.29) is 16.6 Å². The standard InChI is InChI=1S/C20H22N4O3S/c1-4-12(2)22-18-16-10-7-14(11-17(16)23-24-19(18)20(21)25)13-5-8-15(9-6-13)28(3,26)27/h5-12H,4H2,1-3H3,(H2,21,25)(H,22,23)/t12-/m1/s1. The van der Waals surface area contributed by atoms with Crippen molar-refractivity contribution in [1.29, 1.82) is 0 Å². The number of primary amides is 1. The van der Waals surface area contributed by atoms with Crippen LogP contribution in [0, 0.1) is 0 Å². The van der Waals surface area contributed by atoms with Crippen molar-refractivity contribution in [1.82, 2.24) is 10.2 Å². The number of anilines is 1. The maximum Gasteiger partial charge on any atom is 0.271 e. The largest absolute Gasteiger partial charge is 0.380 e. The van der Waals surface area contributed by atoms with Crippen LogP contribution >= 0.6 is 0 Å². The Kier molecular flexibility index (Phi) is 5.33. The average Bonchev–Trinajstić information content (AvgIpc) is 2.66. The fraction of sp³-hybridized carbons (Fsp3) is 0.250. The number of hydrogen-bond acceptors (Lipinski definition) is 6. The van der Waals surface area contributed by atoms with Crippen LogP contribution in [0.5, 0.6) is 0 Å². The molecule has 1 aromatic heterocycles. The molecule has 0 aliphatic rings. The van der Waals surface area contributed by atoms with Crippen molar-refractivity contribution in [3.63, 3.8) is 0 Å². The lowest BCUT2D eigenvalue weighted by Gasteiger charge is -2.17. The first-order valence-corrected chi connectivity index (χ1v) is 10.8. The highest BCUT2D eigenvalue weighted by molar-refractivity contribution is 7.90. The lowest BCUT2D eigenvalue weighted by Crippen LogP contribution is -2.21. The van der Waals surface area contributed by atoms with E-state index in [0.717, 1.165) is 22.9 Å². The molecule has 146 valence electrons. The van der Waals surface area contributed by atoms with E-state index in [1.165, 1.54) is 6.26 Å². The molecule has 3 N–H and O–H groups in total. The topological polar surface area (TPSA) is 115 Å². The number of carbonyl (C=O) groups is 1. The molecule has 0 aliphatic carbocycles. The molecule has 1 atom stereocenters. The van der Waals surface area contributed by atoms with Crippen molar-refractivity contribution >= 4 is 32.3 Å². The smallest absolute Gasteiger partial charge is 0.271 e. The lowest BCUT2D eigenvalue weighted by atomic mass is 10.0. The predicted molar refractivity (Wildman–Crippen MR) is 110 cm³/mol. The average molecular weight is 398 g/mol. The van der Waals surface area contributed by atoms with E-state index in [1.54, 1.807) is 24.3 Å². The zero-order valence-corrected chi connectivity index (χ0v) is 16.7. The van der Waals surface area contributed by atoms with Crippen LogP contribution in [-0.4, -0.2) is 36.8 Å². The molecule has 0 spiro atoms. The summed E-state index contributed by atoms with van der Waals surface area (Å²) in [5.74, 6) is -0.638. The quantitative estimate of drug-likeness (QED) is 0.659. The molecule has 3 aromatic rings. The van der Waals surface area contributed by atoms with Gasteiger partial charge < -0.3 is 11.1 Å². The fourth-order valence-corrected chi connectivity index (χ4v) is 3.48. The number of nitrogens with one attached hydrogen (secondary N) is 1. The van der Waals surface area contributed by atoms with Crippen LogP contribution in [0.3, 0.4) is 0 Å². The van der Waals surface area contributed by atoms with E-state index in [0.29, 0.717) is 11.2 Å². The second-order valence-electron chi connectivity index (χ2n) is 6.77. The zero-order chi connectivity index (χ0) is 20.5. The molecule has 0 saturated carbocycles. The number of aromatic nitrogens is 2. The molecule has 0 bridgehead atoms. The van der Waals surface area contributed by atoms with E-state index in [2.05, 4.69) is 15.5 Å². The highest BCUT2D eigenvalue weighted by atomic mass is 32.2. The molecule has 28 heavy (non-hydrogen) atoms. The zero-order valence-electron chi connectivity index (χ0n) is 15.9. The number of benzene rings is 2. The molecule has 2 aromatic carbocycles. The van der Waals surface area contributed by atoms with Crippen molar-refractivity contribution in [3.05, 3.63) is 48.2 Å². The summed E-state index contributed by atoms with van der Waals surface area (Å²) in [6, 6.07) is 12.4. The van der Waals surface area contributed by atoms with Crippen molar-refractivity contribution in [2.24, 2.45) is 5.73 Å². The Labute approximate surface area is 163 Å². The third-order valence-electron chi connectivity index (χ3n) is 4.61. The number of rotatable bonds is 6. The molecule has 0 fully saturated rings. The Bertz CT molecular complexity index is 1140.